The smallest absolute Gasteiger partial charge is 0.366 e. The molecular formula is C20H18F3N3O. The maximum atomic E-state index is 13.3. The second kappa shape index (κ2) is 6.90. The minimum Gasteiger partial charge on any atom is -0.366 e. The van der Waals surface area contributed by atoms with Gasteiger partial charge in [0, 0.05) is 35.0 Å². The molecule has 0 aliphatic carbocycles. The Kier molecular flexibility index (Phi) is 4.78. The first-order valence-corrected chi connectivity index (χ1v) is 8.32. The Balaban J connectivity index is 2.15. The van der Waals surface area contributed by atoms with Gasteiger partial charge in [-0.2, -0.15) is 13.2 Å². The third-order valence-electron chi connectivity index (χ3n) is 4.27. The van der Waals surface area contributed by atoms with Gasteiger partial charge in [-0.25, -0.2) is 4.98 Å². The molecule has 0 spiro atoms. The molecule has 3 rings (SSSR count). The standard InChI is InChI=1S/C20H18F3N3O/c1-11(2)13-5-14(7-16(6-13)20(21,22)23)15-8-17-12(3-4-18(24)27)9-25-19(17)26-10-15/h3-11H,1-2H3,(H2,24,27)(H,25,26). The Hall–Kier alpha value is -3.09. The van der Waals surface area contributed by atoms with Crippen LogP contribution in [-0.4, -0.2) is 15.9 Å². The van der Waals surface area contributed by atoms with Crippen molar-refractivity contribution in [1.29, 1.82) is 0 Å². The fourth-order valence-corrected chi connectivity index (χ4v) is 2.81. The number of nitrogens with zero attached hydrogens (tertiary/aromatic N) is 1. The zero-order chi connectivity index (χ0) is 19.8. The zero-order valence-corrected chi connectivity index (χ0v) is 14.8. The number of aromatic amines is 1. The summed E-state index contributed by atoms with van der Waals surface area (Å²) in [7, 11) is 0. The molecule has 1 amide bonds. The van der Waals surface area contributed by atoms with Crippen molar-refractivity contribution in [3.8, 4) is 11.1 Å². The number of halogens is 3. The number of hydrogen-bond donors (Lipinski definition) is 2. The molecule has 140 valence electrons. The van der Waals surface area contributed by atoms with Gasteiger partial charge in [-0.3, -0.25) is 4.79 Å². The van der Waals surface area contributed by atoms with Crippen LogP contribution in [0.4, 0.5) is 13.2 Å². The summed E-state index contributed by atoms with van der Waals surface area (Å²) in [6.45, 7) is 3.69. The van der Waals surface area contributed by atoms with Gasteiger partial charge in [-0.1, -0.05) is 19.9 Å². The molecule has 4 nitrogen and oxygen atoms in total. The second-order valence-corrected chi connectivity index (χ2v) is 6.60. The number of H-pyrrole nitrogens is 1. The molecule has 0 radical (unpaired) electrons. The van der Waals surface area contributed by atoms with Crippen molar-refractivity contribution in [3.63, 3.8) is 0 Å². The summed E-state index contributed by atoms with van der Waals surface area (Å²) in [5.74, 6) is -0.642. The SMILES string of the molecule is CC(C)c1cc(-c2cnc3[nH]cc(C=CC(N)=O)c3c2)cc(C(F)(F)F)c1. The van der Waals surface area contributed by atoms with Crippen LogP contribution in [0.15, 0.2) is 42.7 Å². The Morgan fingerprint density at radius 3 is 2.56 bits per heavy atom. The Bertz CT molecular complexity index is 1030. The van der Waals surface area contributed by atoms with E-state index in [9.17, 15) is 18.0 Å². The van der Waals surface area contributed by atoms with Gasteiger partial charge in [0.25, 0.3) is 0 Å². The van der Waals surface area contributed by atoms with Crippen LogP contribution in [0.5, 0.6) is 0 Å². The van der Waals surface area contributed by atoms with E-state index >= 15 is 0 Å². The van der Waals surface area contributed by atoms with Gasteiger partial charge in [0.1, 0.15) is 5.65 Å². The van der Waals surface area contributed by atoms with Crippen LogP contribution in [-0.2, 0) is 11.0 Å². The molecule has 0 aliphatic heterocycles. The molecule has 0 atom stereocenters. The highest BCUT2D eigenvalue weighted by Gasteiger charge is 2.31. The van der Waals surface area contributed by atoms with E-state index in [4.69, 9.17) is 5.73 Å². The predicted molar refractivity (Wildman–Crippen MR) is 98.8 cm³/mol. The van der Waals surface area contributed by atoms with Crippen molar-refractivity contribution in [1.82, 2.24) is 9.97 Å². The number of amides is 1. The molecule has 7 heteroatoms. The Morgan fingerprint density at radius 2 is 1.93 bits per heavy atom. The molecule has 2 aromatic heterocycles. The van der Waals surface area contributed by atoms with Crippen LogP contribution in [0.2, 0.25) is 0 Å². The molecular weight excluding hydrogens is 355 g/mol. The minimum absolute atomic E-state index is 0.0518. The summed E-state index contributed by atoms with van der Waals surface area (Å²) >= 11 is 0. The fourth-order valence-electron chi connectivity index (χ4n) is 2.81. The summed E-state index contributed by atoms with van der Waals surface area (Å²) in [4.78, 5) is 18.2. The van der Waals surface area contributed by atoms with E-state index in [0.717, 1.165) is 6.07 Å². The van der Waals surface area contributed by atoms with Crippen molar-refractivity contribution in [3.05, 3.63) is 59.4 Å². The van der Waals surface area contributed by atoms with Crippen LogP contribution < -0.4 is 5.73 Å². The van der Waals surface area contributed by atoms with E-state index < -0.39 is 17.6 Å². The topological polar surface area (TPSA) is 71.8 Å². The largest absolute Gasteiger partial charge is 0.416 e. The molecule has 0 aliphatic rings. The Labute approximate surface area is 153 Å². The average molecular weight is 373 g/mol. The summed E-state index contributed by atoms with van der Waals surface area (Å²) in [5, 5.41) is 0.688. The van der Waals surface area contributed by atoms with Crippen molar-refractivity contribution < 1.29 is 18.0 Å². The number of fused-ring (bicyclic) bond motifs is 1. The second-order valence-electron chi connectivity index (χ2n) is 6.60. The predicted octanol–water partition coefficient (Wildman–Crippen LogP) is 4.87. The van der Waals surface area contributed by atoms with Gasteiger partial charge in [0.15, 0.2) is 0 Å². The highest BCUT2D eigenvalue weighted by Crippen LogP contribution is 2.35. The van der Waals surface area contributed by atoms with Gasteiger partial charge in [-0.05, 0) is 41.3 Å². The van der Waals surface area contributed by atoms with Crippen LogP contribution in [0.1, 0.15) is 36.5 Å². The van der Waals surface area contributed by atoms with E-state index in [-0.39, 0.29) is 5.92 Å². The highest BCUT2D eigenvalue weighted by atomic mass is 19.4. The first-order chi connectivity index (χ1) is 12.6. The third-order valence-corrected chi connectivity index (χ3v) is 4.27. The van der Waals surface area contributed by atoms with Crippen LogP contribution >= 0.6 is 0 Å². The molecule has 0 saturated carbocycles. The molecule has 0 unspecified atom stereocenters. The molecule has 0 fully saturated rings. The lowest BCUT2D eigenvalue weighted by Crippen LogP contribution is -2.06. The lowest BCUT2D eigenvalue weighted by molar-refractivity contribution is -0.137. The van der Waals surface area contributed by atoms with Crippen LogP contribution in [0, 0.1) is 0 Å². The summed E-state index contributed by atoms with van der Waals surface area (Å²) < 4.78 is 39.9. The quantitative estimate of drug-likeness (QED) is 0.641. The monoisotopic (exact) mass is 373 g/mol. The number of primary amides is 1. The molecule has 1 aromatic carbocycles. The number of alkyl halides is 3. The normalized spacial score (nSPS) is 12.4. The number of carbonyl (C=O) groups is 1. The minimum atomic E-state index is -4.43. The van der Waals surface area contributed by atoms with Crippen LogP contribution in [0.25, 0.3) is 28.2 Å². The van der Waals surface area contributed by atoms with Crippen molar-refractivity contribution in [2.45, 2.75) is 25.9 Å². The maximum Gasteiger partial charge on any atom is 0.416 e. The van der Waals surface area contributed by atoms with E-state index in [0.29, 0.717) is 33.3 Å². The van der Waals surface area contributed by atoms with Gasteiger partial charge in [-0.15, -0.1) is 0 Å². The molecule has 3 N–H and O–H groups in total. The van der Waals surface area contributed by atoms with Crippen molar-refractivity contribution >= 4 is 23.0 Å². The van der Waals surface area contributed by atoms with E-state index in [1.165, 1.54) is 24.4 Å². The fraction of sp³-hybridized carbons (Fsp3) is 0.200. The zero-order valence-electron chi connectivity index (χ0n) is 14.8. The molecule has 27 heavy (non-hydrogen) atoms. The Morgan fingerprint density at radius 1 is 1.19 bits per heavy atom. The number of nitrogens with two attached hydrogens (primary N) is 1. The summed E-state index contributed by atoms with van der Waals surface area (Å²) in [5.41, 5.74) is 7.27. The van der Waals surface area contributed by atoms with Gasteiger partial charge < -0.3 is 10.7 Å². The first-order valence-electron chi connectivity index (χ1n) is 8.32. The van der Waals surface area contributed by atoms with Crippen molar-refractivity contribution in [2.24, 2.45) is 5.73 Å². The lowest BCUT2D eigenvalue weighted by Gasteiger charge is -2.14. The van der Waals surface area contributed by atoms with Crippen molar-refractivity contribution in [2.75, 3.05) is 0 Å². The summed E-state index contributed by atoms with van der Waals surface area (Å²) in [6, 6.07) is 5.80. The van der Waals surface area contributed by atoms with Gasteiger partial charge in [0.2, 0.25) is 5.91 Å². The number of aromatic nitrogens is 2. The van der Waals surface area contributed by atoms with Crippen LogP contribution in [0.3, 0.4) is 0 Å². The number of nitrogens with one attached hydrogen (secondary N) is 1. The van der Waals surface area contributed by atoms with E-state index in [1.54, 1.807) is 18.3 Å². The summed E-state index contributed by atoms with van der Waals surface area (Å²) in [6.07, 6.45) is 1.52. The molecule has 0 saturated heterocycles. The number of benzene rings is 1. The number of pyridine rings is 1. The molecule has 3 aromatic rings. The maximum absolute atomic E-state index is 13.3. The highest BCUT2D eigenvalue weighted by molar-refractivity contribution is 5.95. The van der Waals surface area contributed by atoms with Gasteiger partial charge >= 0.3 is 6.18 Å². The average Bonchev–Trinajstić information content (AvgIpc) is 3.01. The number of carbonyl (C=O) groups excluding carboxylic acids is 1. The lowest BCUT2D eigenvalue weighted by atomic mass is 9.94. The van der Waals surface area contributed by atoms with Gasteiger partial charge in [0.05, 0.1) is 5.56 Å². The van der Waals surface area contributed by atoms with E-state index in [2.05, 4.69) is 9.97 Å². The van der Waals surface area contributed by atoms with E-state index in [1.807, 2.05) is 13.8 Å². The number of hydrogen-bond acceptors (Lipinski definition) is 2. The first kappa shape index (κ1) is 18.7. The molecule has 2 heterocycles. The third kappa shape index (κ3) is 4.02. The molecule has 0 bridgehead atoms. The number of rotatable bonds is 4.